The van der Waals surface area contributed by atoms with Crippen LogP contribution in [0.15, 0.2) is 71.6 Å². The van der Waals surface area contributed by atoms with E-state index in [0.717, 1.165) is 33.1 Å². The van der Waals surface area contributed by atoms with Crippen molar-refractivity contribution >= 4 is 52.1 Å². The van der Waals surface area contributed by atoms with E-state index in [4.69, 9.17) is 12.2 Å². The molecule has 1 amide bonds. The number of hydrogen-bond acceptors (Lipinski definition) is 3. The van der Waals surface area contributed by atoms with Crippen LogP contribution < -0.4 is 16.0 Å². The van der Waals surface area contributed by atoms with Gasteiger partial charge in [0.25, 0.3) is 0 Å². The molecule has 3 aromatic rings. The summed E-state index contributed by atoms with van der Waals surface area (Å²) in [5, 5.41) is 9.85. The molecule has 30 heavy (non-hydrogen) atoms. The first-order chi connectivity index (χ1) is 14.4. The maximum absolute atomic E-state index is 12.3. The second kappa shape index (κ2) is 10.3. The van der Waals surface area contributed by atoms with Gasteiger partial charge in [0.15, 0.2) is 5.11 Å². The molecule has 0 fully saturated rings. The highest BCUT2D eigenvalue weighted by atomic mass is 32.2. The summed E-state index contributed by atoms with van der Waals surface area (Å²) >= 11 is 6.89. The minimum Gasteiger partial charge on any atom is -0.332 e. The summed E-state index contributed by atoms with van der Waals surface area (Å²) in [7, 11) is 0. The molecule has 0 saturated heterocycles. The van der Waals surface area contributed by atoms with E-state index in [1.54, 1.807) is 0 Å². The van der Waals surface area contributed by atoms with Crippen LogP contribution >= 0.6 is 24.0 Å². The van der Waals surface area contributed by atoms with Crippen LogP contribution in [0.1, 0.15) is 16.7 Å². The van der Waals surface area contributed by atoms with Crippen LogP contribution in [0.2, 0.25) is 0 Å². The third-order valence-corrected chi connectivity index (χ3v) is 5.47. The van der Waals surface area contributed by atoms with E-state index >= 15 is 0 Å². The molecular formula is C24H25N3OS2. The lowest BCUT2D eigenvalue weighted by atomic mass is 10.1. The highest BCUT2D eigenvalue weighted by Crippen LogP contribution is 2.22. The fourth-order valence-electron chi connectivity index (χ4n) is 2.99. The Morgan fingerprint density at radius 2 is 1.43 bits per heavy atom. The number of thiocarbonyl (C=S) groups is 1. The Morgan fingerprint density at radius 1 is 0.767 bits per heavy atom. The highest BCUT2D eigenvalue weighted by molar-refractivity contribution is 8.00. The smallest absolute Gasteiger partial charge is 0.234 e. The zero-order valence-corrected chi connectivity index (χ0v) is 18.9. The predicted molar refractivity (Wildman–Crippen MR) is 133 cm³/mol. The van der Waals surface area contributed by atoms with E-state index in [9.17, 15) is 4.79 Å². The summed E-state index contributed by atoms with van der Waals surface area (Å²) in [6.07, 6.45) is 0. The summed E-state index contributed by atoms with van der Waals surface area (Å²) in [6.45, 7) is 6.09. The summed E-state index contributed by atoms with van der Waals surface area (Å²) in [4.78, 5) is 13.3. The van der Waals surface area contributed by atoms with E-state index < -0.39 is 0 Å². The lowest BCUT2D eigenvalue weighted by Crippen LogP contribution is -2.19. The fraction of sp³-hybridized carbons (Fsp3) is 0.167. The normalized spacial score (nSPS) is 10.4. The van der Waals surface area contributed by atoms with Gasteiger partial charge in [0.05, 0.1) is 5.75 Å². The monoisotopic (exact) mass is 435 g/mol. The minimum atomic E-state index is -0.0279. The van der Waals surface area contributed by atoms with Crippen molar-refractivity contribution < 1.29 is 4.79 Å². The van der Waals surface area contributed by atoms with Gasteiger partial charge in [-0.05, 0) is 86.6 Å². The number of amides is 1. The molecule has 0 aliphatic heterocycles. The Hall–Kier alpha value is -2.83. The Kier molecular flexibility index (Phi) is 7.49. The number of carbonyl (C=O) groups excluding carboxylic acids is 1. The first-order valence-electron chi connectivity index (χ1n) is 9.63. The van der Waals surface area contributed by atoms with Crippen LogP contribution in [-0.4, -0.2) is 16.8 Å². The Morgan fingerprint density at radius 3 is 2.13 bits per heavy atom. The molecular weight excluding hydrogens is 410 g/mol. The number of nitrogens with one attached hydrogen (secondary N) is 3. The molecule has 0 heterocycles. The quantitative estimate of drug-likeness (QED) is 0.320. The fourth-order valence-corrected chi connectivity index (χ4v) is 3.98. The van der Waals surface area contributed by atoms with Crippen LogP contribution in [0.3, 0.4) is 0 Å². The van der Waals surface area contributed by atoms with Crippen LogP contribution in [0.25, 0.3) is 0 Å². The van der Waals surface area contributed by atoms with E-state index in [-0.39, 0.29) is 5.91 Å². The number of hydrogen-bond donors (Lipinski definition) is 3. The van der Waals surface area contributed by atoms with Gasteiger partial charge >= 0.3 is 0 Å². The van der Waals surface area contributed by atoms with Crippen molar-refractivity contribution in [3.05, 3.63) is 83.4 Å². The molecule has 154 valence electrons. The van der Waals surface area contributed by atoms with Gasteiger partial charge in [0, 0.05) is 22.0 Å². The lowest BCUT2D eigenvalue weighted by molar-refractivity contribution is -0.113. The number of rotatable bonds is 6. The van der Waals surface area contributed by atoms with Crippen LogP contribution in [0.4, 0.5) is 17.1 Å². The molecule has 3 rings (SSSR count). The molecule has 0 aliphatic rings. The SMILES string of the molecule is Cc1ccc(NC(=S)Nc2cccc(SCC(=O)Nc3cc(C)cc(C)c3)c2)cc1. The molecule has 0 aliphatic carbocycles. The first kappa shape index (κ1) is 21.9. The Labute approximate surface area is 187 Å². The third kappa shape index (κ3) is 6.90. The third-order valence-electron chi connectivity index (χ3n) is 4.28. The Balaban J connectivity index is 1.52. The van der Waals surface area contributed by atoms with E-state index in [2.05, 4.69) is 22.0 Å². The second-order valence-electron chi connectivity index (χ2n) is 7.19. The molecule has 0 bridgehead atoms. The van der Waals surface area contributed by atoms with Crippen LogP contribution in [-0.2, 0) is 4.79 Å². The van der Waals surface area contributed by atoms with Gasteiger partial charge in [0.1, 0.15) is 0 Å². The number of aryl methyl sites for hydroxylation is 3. The standard InChI is InChI=1S/C24H25N3OS2/c1-16-7-9-19(10-8-16)26-24(29)27-20-5-4-6-22(14-20)30-15-23(28)25-21-12-17(2)11-18(3)13-21/h4-14H,15H2,1-3H3,(H,25,28)(H2,26,27,29). The summed E-state index contributed by atoms with van der Waals surface area (Å²) < 4.78 is 0. The van der Waals surface area contributed by atoms with Gasteiger partial charge in [-0.2, -0.15) is 0 Å². The molecule has 4 nitrogen and oxygen atoms in total. The summed E-state index contributed by atoms with van der Waals surface area (Å²) in [5.41, 5.74) is 6.11. The van der Waals surface area contributed by atoms with Gasteiger partial charge in [-0.25, -0.2) is 0 Å². The second-order valence-corrected chi connectivity index (χ2v) is 8.64. The van der Waals surface area contributed by atoms with Crippen molar-refractivity contribution in [3.8, 4) is 0 Å². The van der Waals surface area contributed by atoms with Crippen molar-refractivity contribution in [2.75, 3.05) is 21.7 Å². The maximum Gasteiger partial charge on any atom is 0.234 e. The predicted octanol–water partition coefficient (Wildman–Crippen LogP) is 6.15. The molecule has 0 radical (unpaired) electrons. The van der Waals surface area contributed by atoms with E-state index in [0.29, 0.717) is 10.9 Å². The molecule has 0 saturated carbocycles. The minimum absolute atomic E-state index is 0.0279. The molecule has 0 spiro atoms. The number of benzene rings is 3. The molecule has 3 aromatic carbocycles. The Bertz CT molecular complexity index is 1030. The summed E-state index contributed by atoms with van der Waals surface area (Å²) in [6, 6.07) is 21.9. The molecule has 0 unspecified atom stereocenters. The largest absolute Gasteiger partial charge is 0.332 e. The van der Waals surface area contributed by atoms with Gasteiger partial charge in [-0.3, -0.25) is 4.79 Å². The van der Waals surface area contributed by atoms with Crippen molar-refractivity contribution in [1.82, 2.24) is 0 Å². The van der Waals surface area contributed by atoms with Crippen molar-refractivity contribution in [2.45, 2.75) is 25.7 Å². The summed E-state index contributed by atoms with van der Waals surface area (Å²) in [5.74, 6) is 0.308. The zero-order chi connectivity index (χ0) is 21.5. The number of thioether (sulfide) groups is 1. The topological polar surface area (TPSA) is 53.2 Å². The molecule has 0 atom stereocenters. The lowest BCUT2D eigenvalue weighted by Gasteiger charge is -2.12. The molecule has 3 N–H and O–H groups in total. The maximum atomic E-state index is 12.3. The van der Waals surface area contributed by atoms with Gasteiger partial charge in [-0.15, -0.1) is 11.8 Å². The van der Waals surface area contributed by atoms with Crippen LogP contribution in [0, 0.1) is 20.8 Å². The number of anilines is 3. The van der Waals surface area contributed by atoms with Gasteiger partial charge in [-0.1, -0.05) is 29.8 Å². The van der Waals surface area contributed by atoms with Gasteiger partial charge in [0.2, 0.25) is 5.91 Å². The van der Waals surface area contributed by atoms with Gasteiger partial charge < -0.3 is 16.0 Å². The molecule has 0 aromatic heterocycles. The average molecular weight is 436 g/mol. The van der Waals surface area contributed by atoms with E-state index in [1.165, 1.54) is 17.3 Å². The zero-order valence-electron chi connectivity index (χ0n) is 17.3. The highest BCUT2D eigenvalue weighted by Gasteiger charge is 2.06. The van der Waals surface area contributed by atoms with Crippen molar-refractivity contribution in [1.29, 1.82) is 0 Å². The van der Waals surface area contributed by atoms with Crippen LogP contribution in [0.5, 0.6) is 0 Å². The average Bonchev–Trinajstić information content (AvgIpc) is 2.68. The van der Waals surface area contributed by atoms with Crippen molar-refractivity contribution in [2.24, 2.45) is 0 Å². The molecule has 6 heteroatoms. The number of carbonyl (C=O) groups is 1. The first-order valence-corrected chi connectivity index (χ1v) is 11.0. The van der Waals surface area contributed by atoms with Crippen molar-refractivity contribution in [3.63, 3.8) is 0 Å². The van der Waals surface area contributed by atoms with E-state index in [1.807, 2.05) is 81.4 Å².